The van der Waals surface area contributed by atoms with Crippen molar-refractivity contribution >= 4 is 39.8 Å². The lowest BCUT2D eigenvalue weighted by atomic mass is 9.81. The van der Waals surface area contributed by atoms with Crippen LogP contribution in [0.3, 0.4) is 0 Å². The average molecular weight is 485 g/mol. The van der Waals surface area contributed by atoms with Crippen LogP contribution in [0.2, 0.25) is 5.02 Å². The number of rotatable bonds is 6. The Labute approximate surface area is 204 Å². The van der Waals surface area contributed by atoms with E-state index >= 15 is 4.39 Å². The van der Waals surface area contributed by atoms with Crippen LogP contribution < -0.4 is 14.7 Å². The molecule has 0 amide bonds. The summed E-state index contributed by atoms with van der Waals surface area (Å²) in [7, 11) is 1.90. The molecule has 0 bridgehead atoms. The topological polar surface area (TPSA) is 68.6 Å². The van der Waals surface area contributed by atoms with Gasteiger partial charge in [-0.05, 0) is 49.9 Å². The number of aromatic nitrogens is 3. The first kappa shape index (κ1) is 23.1. The first-order chi connectivity index (χ1) is 16.4. The molecule has 2 fully saturated rings. The van der Waals surface area contributed by atoms with Crippen molar-refractivity contribution in [1.29, 1.82) is 0 Å². The van der Waals surface area contributed by atoms with Gasteiger partial charge in [0.25, 0.3) is 0 Å². The molecular weight excluding hydrogens is 455 g/mol. The number of benzene rings is 1. The van der Waals surface area contributed by atoms with Gasteiger partial charge >= 0.3 is 0 Å². The number of anilines is 3. The second-order valence-corrected chi connectivity index (χ2v) is 9.68. The van der Waals surface area contributed by atoms with E-state index in [0.717, 1.165) is 60.9 Å². The number of likely N-dealkylation sites (N-methyl/N-ethyl adjacent to an activating group) is 1. The van der Waals surface area contributed by atoms with Crippen molar-refractivity contribution in [3.05, 3.63) is 46.9 Å². The maximum Gasteiger partial charge on any atom is 0.170 e. The maximum atomic E-state index is 15.4. The summed E-state index contributed by atoms with van der Waals surface area (Å²) in [6.45, 7) is 5.63. The molecule has 1 aliphatic carbocycles. The van der Waals surface area contributed by atoms with Crippen LogP contribution in [-0.4, -0.2) is 66.4 Å². The summed E-state index contributed by atoms with van der Waals surface area (Å²) in [5, 5.41) is 10.7. The van der Waals surface area contributed by atoms with Gasteiger partial charge < -0.3 is 19.8 Å². The highest BCUT2D eigenvalue weighted by Gasteiger charge is 2.42. The van der Waals surface area contributed by atoms with Crippen LogP contribution in [0.25, 0.3) is 10.9 Å². The predicted octanol–water partition coefficient (Wildman–Crippen LogP) is 4.09. The number of alkyl halides is 1. The lowest BCUT2D eigenvalue weighted by Gasteiger charge is -2.38. The summed E-state index contributed by atoms with van der Waals surface area (Å²) in [5.41, 5.74) is 1.12. The fraction of sp³-hybridized carbons (Fsp3) is 0.480. The van der Waals surface area contributed by atoms with E-state index in [9.17, 15) is 5.11 Å². The molecule has 0 unspecified atom stereocenters. The van der Waals surface area contributed by atoms with E-state index in [1.54, 1.807) is 0 Å². The fourth-order valence-electron chi connectivity index (χ4n) is 4.75. The summed E-state index contributed by atoms with van der Waals surface area (Å²) in [6.07, 6.45) is 3.55. The van der Waals surface area contributed by atoms with Crippen molar-refractivity contribution in [2.24, 2.45) is 0 Å². The zero-order valence-electron chi connectivity index (χ0n) is 19.6. The van der Waals surface area contributed by atoms with E-state index in [1.807, 2.05) is 36.3 Å². The lowest BCUT2D eigenvalue weighted by Crippen LogP contribution is -2.47. The standard InChI is InChI=1S/C25H30ClFN6O/c1-17-5-3-8-28-22(17)32-9-11-33(12-10-32)23-19-15-18(31(2)13-14-34)16-20(26)21(19)29-24(30-23)25(27)6-4-7-25/h3,5,8,15-16,34H,4,6-7,9-14H2,1-2H3. The van der Waals surface area contributed by atoms with Crippen LogP contribution in [0.5, 0.6) is 0 Å². The Hall–Kier alpha value is -2.71. The minimum absolute atomic E-state index is 0.0354. The highest BCUT2D eigenvalue weighted by atomic mass is 35.5. The molecule has 2 aromatic heterocycles. The number of hydrogen-bond donors (Lipinski definition) is 1. The van der Waals surface area contributed by atoms with Crippen molar-refractivity contribution in [3.63, 3.8) is 0 Å². The molecule has 0 spiro atoms. The SMILES string of the molecule is Cc1cccnc1N1CCN(c2nc(C3(F)CCC3)nc3c(Cl)cc(N(C)CCO)cc23)CC1. The number of nitrogens with zero attached hydrogens (tertiary/aromatic N) is 6. The Morgan fingerprint density at radius 2 is 1.82 bits per heavy atom. The minimum Gasteiger partial charge on any atom is -0.395 e. The van der Waals surface area contributed by atoms with Crippen LogP contribution >= 0.6 is 11.6 Å². The molecule has 1 saturated carbocycles. The van der Waals surface area contributed by atoms with Crippen LogP contribution in [0.1, 0.15) is 30.7 Å². The third-order valence-electron chi connectivity index (χ3n) is 7.00. The van der Waals surface area contributed by atoms with Gasteiger partial charge in [0.2, 0.25) is 0 Å². The van der Waals surface area contributed by atoms with E-state index in [-0.39, 0.29) is 12.4 Å². The van der Waals surface area contributed by atoms with Gasteiger partial charge in [-0.3, -0.25) is 0 Å². The first-order valence-corrected chi connectivity index (χ1v) is 12.2. The zero-order valence-corrected chi connectivity index (χ0v) is 20.4. The summed E-state index contributed by atoms with van der Waals surface area (Å²) in [5.74, 6) is 1.97. The van der Waals surface area contributed by atoms with Gasteiger partial charge in [0.15, 0.2) is 11.5 Å². The second kappa shape index (κ2) is 9.15. The van der Waals surface area contributed by atoms with Crippen molar-refractivity contribution in [1.82, 2.24) is 15.0 Å². The van der Waals surface area contributed by atoms with Gasteiger partial charge in [-0.15, -0.1) is 0 Å². The van der Waals surface area contributed by atoms with Gasteiger partial charge in [-0.25, -0.2) is 19.3 Å². The molecule has 34 heavy (non-hydrogen) atoms. The largest absolute Gasteiger partial charge is 0.395 e. The van der Waals surface area contributed by atoms with E-state index in [2.05, 4.69) is 32.8 Å². The van der Waals surface area contributed by atoms with Gasteiger partial charge in [-0.2, -0.15) is 0 Å². The van der Waals surface area contributed by atoms with E-state index in [1.165, 1.54) is 0 Å². The lowest BCUT2D eigenvalue weighted by molar-refractivity contribution is 0.0512. The van der Waals surface area contributed by atoms with E-state index < -0.39 is 5.67 Å². The molecule has 3 aromatic rings. The fourth-order valence-corrected chi connectivity index (χ4v) is 5.01. The van der Waals surface area contributed by atoms with Gasteiger partial charge in [0.05, 0.1) is 17.1 Å². The highest BCUT2D eigenvalue weighted by Crippen LogP contribution is 2.45. The Balaban J connectivity index is 1.53. The van der Waals surface area contributed by atoms with Crippen molar-refractivity contribution in [3.8, 4) is 0 Å². The molecule has 0 radical (unpaired) electrons. The Morgan fingerprint density at radius 1 is 1.12 bits per heavy atom. The predicted molar refractivity (Wildman–Crippen MR) is 135 cm³/mol. The first-order valence-electron chi connectivity index (χ1n) is 11.8. The van der Waals surface area contributed by atoms with Crippen molar-refractivity contribution in [2.45, 2.75) is 31.9 Å². The van der Waals surface area contributed by atoms with Crippen molar-refractivity contribution in [2.75, 3.05) is 61.1 Å². The van der Waals surface area contributed by atoms with Crippen LogP contribution in [-0.2, 0) is 5.67 Å². The van der Waals surface area contributed by atoms with Crippen molar-refractivity contribution < 1.29 is 9.50 Å². The second-order valence-electron chi connectivity index (χ2n) is 9.28. The monoisotopic (exact) mass is 484 g/mol. The smallest absolute Gasteiger partial charge is 0.170 e. The molecule has 7 nitrogen and oxygen atoms in total. The molecule has 1 saturated heterocycles. The van der Waals surface area contributed by atoms with Gasteiger partial charge in [0, 0.05) is 57.0 Å². The quantitative estimate of drug-likeness (QED) is 0.565. The number of halogens is 2. The molecule has 180 valence electrons. The Bertz CT molecular complexity index is 1200. The van der Waals surface area contributed by atoms with Crippen LogP contribution in [0.15, 0.2) is 30.5 Å². The number of piperazine rings is 1. The number of aryl methyl sites for hydroxylation is 1. The van der Waals surface area contributed by atoms with Crippen LogP contribution in [0, 0.1) is 6.92 Å². The molecule has 0 atom stereocenters. The normalized spacial score (nSPS) is 17.7. The number of fused-ring (bicyclic) bond motifs is 1. The van der Waals surface area contributed by atoms with Gasteiger partial charge in [0.1, 0.15) is 11.6 Å². The minimum atomic E-state index is -1.48. The van der Waals surface area contributed by atoms with E-state index in [0.29, 0.717) is 29.9 Å². The van der Waals surface area contributed by atoms with E-state index in [4.69, 9.17) is 16.6 Å². The molecule has 2 aliphatic rings. The summed E-state index contributed by atoms with van der Waals surface area (Å²) in [6, 6.07) is 7.85. The maximum absolute atomic E-state index is 15.4. The Kier molecular flexibility index (Phi) is 6.20. The number of pyridine rings is 1. The third-order valence-corrected chi connectivity index (χ3v) is 7.29. The Morgan fingerprint density at radius 3 is 2.44 bits per heavy atom. The summed E-state index contributed by atoms with van der Waals surface area (Å²) in [4.78, 5) is 20.4. The number of hydrogen-bond acceptors (Lipinski definition) is 7. The molecule has 3 heterocycles. The number of aliphatic hydroxyl groups is 1. The highest BCUT2D eigenvalue weighted by molar-refractivity contribution is 6.35. The van der Waals surface area contributed by atoms with Crippen LogP contribution in [0.4, 0.5) is 21.7 Å². The molecule has 5 rings (SSSR count). The summed E-state index contributed by atoms with van der Waals surface area (Å²) < 4.78 is 15.4. The van der Waals surface area contributed by atoms with Gasteiger partial charge in [-0.1, -0.05) is 17.7 Å². The zero-order chi connectivity index (χ0) is 23.9. The molecule has 9 heteroatoms. The molecular formula is C25H30ClFN6O. The number of aliphatic hydroxyl groups excluding tert-OH is 1. The third kappa shape index (κ3) is 4.14. The average Bonchev–Trinajstić information content (AvgIpc) is 2.82. The molecule has 1 N–H and O–H groups in total. The summed E-state index contributed by atoms with van der Waals surface area (Å²) >= 11 is 6.68. The molecule has 1 aromatic carbocycles. The molecule has 1 aliphatic heterocycles.